The van der Waals surface area contributed by atoms with Gasteiger partial charge in [-0.25, -0.2) is 26.3 Å². The van der Waals surface area contributed by atoms with Crippen LogP contribution in [-0.2, 0) is 26.0 Å². The minimum Gasteiger partial charge on any atom is -0.368 e. The number of hydrogen-bond donors (Lipinski definition) is 1. The second-order valence-electron chi connectivity index (χ2n) is 10.2. The van der Waals surface area contributed by atoms with E-state index in [1.165, 1.54) is 6.07 Å². The second-order valence-corrected chi connectivity index (χ2v) is 12.5. The van der Waals surface area contributed by atoms with Crippen molar-refractivity contribution in [3.05, 3.63) is 59.4 Å². The molecule has 1 N–H and O–H groups in total. The van der Waals surface area contributed by atoms with Crippen molar-refractivity contribution >= 4 is 15.9 Å². The molecule has 2 saturated heterocycles. The lowest BCUT2D eigenvalue weighted by Gasteiger charge is -2.44. The van der Waals surface area contributed by atoms with E-state index in [1.54, 1.807) is 30.9 Å². The van der Waals surface area contributed by atoms with Crippen LogP contribution in [0.2, 0.25) is 0 Å². The number of sulfonamides is 1. The Kier molecular flexibility index (Phi) is 6.63. The Hall–Kier alpha value is -2.43. The maximum atomic E-state index is 15.7. The molecular formula is C26H29F3N2O4S. The van der Waals surface area contributed by atoms with E-state index < -0.39 is 50.9 Å². The molecule has 2 heterocycles. The minimum atomic E-state index is -3.66. The largest absolute Gasteiger partial charge is 0.368 e. The Morgan fingerprint density at radius 2 is 1.83 bits per heavy atom. The fraction of sp³-hybridized carbons (Fsp3) is 0.500. The number of carbonyl (C=O) groups is 1. The van der Waals surface area contributed by atoms with Crippen LogP contribution in [0.25, 0.3) is 11.1 Å². The van der Waals surface area contributed by atoms with E-state index in [4.69, 9.17) is 4.74 Å². The van der Waals surface area contributed by atoms with Crippen molar-refractivity contribution < 1.29 is 31.1 Å². The number of hydrogen-bond acceptors (Lipinski definition) is 4. The van der Waals surface area contributed by atoms with Crippen LogP contribution >= 0.6 is 0 Å². The van der Waals surface area contributed by atoms with E-state index in [0.29, 0.717) is 19.4 Å². The molecule has 0 bridgehead atoms. The maximum Gasteiger partial charge on any atom is 0.252 e. The summed E-state index contributed by atoms with van der Waals surface area (Å²) in [5.74, 6) is -2.31. The van der Waals surface area contributed by atoms with Crippen molar-refractivity contribution in [3.8, 4) is 11.1 Å². The number of likely N-dealkylation sites (tertiary alicyclic amines) is 1. The van der Waals surface area contributed by atoms with Crippen molar-refractivity contribution in [2.75, 3.05) is 6.61 Å². The molecule has 2 aliphatic heterocycles. The molecular weight excluding hydrogens is 493 g/mol. The minimum absolute atomic E-state index is 0.0323. The van der Waals surface area contributed by atoms with E-state index in [2.05, 4.69) is 4.72 Å². The van der Waals surface area contributed by atoms with Gasteiger partial charge in [-0.3, -0.25) is 4.79 Å². The van der Waals surface area contributed by atoms with Crippen LogP contribution in [0.5, 0.6) is 0 Å². The first-order valence-corrected chi connectivity index (χ1v) is 13.8. The number of piperidine rings is 1. The number of amides is 1. The van der Waals surface area contributed by atoms with Gasteiger partial charge >= 0.3 is 0 Å². The Balaban J connectivity index is 1.51. The predicted octanol–water partition coefficient (Wildman–Crippen LogP) is 3.79. The van der Waals surface area contributed by atoms with Gasteiger partial charge in [0.2, 0.25) is 10.0 Å². The van der Waals surface area contributed by atoms with Gasteiger partial charge in [-0.05, 0) is 62.3 Å². The van der Waals surface area contributed by atoms with Crippen molar-refractivity contribution in [2.45, 2.75) is 69.0 Å². The quantitative estimate of drug-likeness (QED) is 0.601. The zero-order chi connectivity index (χ0) is 25.8. The highest BCUT2D eigenvalue weighted by molar-refractivity contribution is 7.90. The first-order chi connectivity index (χ1) is 17.0. The standard InChI is InChI=1S/C26H29F3N2O4S/c1-14(2)36(33,34)30-21-10-17-12-22(17)31(26(32)24-6-7-35-24)23(21)11-15-4-3-5-20(25(15)29)16-8-18(27)13-19(28)9-16/h3-5,8-9,13-14,17,21-24,30H,6-7,10-12H2,1-2H3/t17-,21+,22+,23+,24-/m1/s1. The number of nitrogens with one attached hydrogen (secondary N) is 1. The summed E-state index contributed by atoms with van der Waals surface area (Å²) >= 11 is 0. The van der Waals surface area contributed by atoms with Crippen molar-refractivity contribution in [3.63, 3.8) is 0 Å². The van der Waals surface area contributed by atoms with Gasteiger partial charge in [-0.2, -0.15) is 0 Å². The summed E-state index contributed by atoms with van der Waals surface area (Å²) in [4.78, 5) is 15.1. The molecule has 0 aromatic heterocycles. The lowest BCUT2D eigenvalue weighted by atomic mass is 9.89. The Morgan fingerprint density at radius 3 is 2.44 bits per heavy atom. The van der Waals surface area contributed by atoms with Gasteiger partial charge in [0.05, 0.1) is 17.9 Å². The molecule has 1 amide bonds. The molecule has 3 aliphatic rings. The van der Waals surface area contributed by atoms with Crippen LogP contribution in [0.4, 0.5) is 13.2 Å². The average Bonchev–Trinajstić information content (AvgIpc) is 3.51. The summed E-state index contributed by atoms with van der Waals surface area (Å²) in [6, 6.07) is 6.17. The number of rotatable bonds is 7. The summed E-state index contributed by atoms with van der Waals surface area (Å²) < 4.78 is 77.1. The van der Waals surface area contributed by atoms with Crippen LogP contribution in [-0.4, -0.2) is 55.3 Å². The Bertz CT molecular complexity index is 1260. The van der Waals surface area contributed by atoms with Crippen LogP contribution in [0.15, 0.2) is 36.4 Å². The number of halogens is 3. The summed E-state index contributed by atoms with van der Waals surface area (Å²) in [5.41, 5.74) is 0.332. The van der Waals surface area contributed by atoms with E-state index in [1.807, 2.05) is 0 Å². The molecule has 6 nitrogen and oxygen atoms in total. The van der Waals surface area contributed by atoms with Gasteiger partial charge in [-0.15, -0.1) is 0 Å². The van der Waals surface area contributed by atoms with Gasteiger partial charge in [0, 0.05) is 30.1 Å². The third-order valence-electron chi connectivity index (χ3n) is 7.47. The van der Waals surface area contributed by atoms with E-state index in [-0.39, 0.29) is 41.0 Å². The Labute approximate surface area is 208 Å². The van der Waals surface area contributed by atoms with Crippen LogP contribution in [0, 0.1) is 23.4 Å². The van der Waals surface area contributed by atoms with Gasteiger partial charge < -0.3 is 9.64 Å². The van der Waals surface area contributed by atoms with Gasteiger partial charge in [0.1, 0.15) is 23.6 Å². The summed E-state index contributed by atoms with van der Waals surface area (Å²) in [6.45, 7) is 3.65. The SMILES string of the molecule is CC(C)S(=O)(=O)N[C@H]1C[C@@H]2C[C@@H]2N(C(=O)[C@H]2CCO2)[C@H]1Cc1cccc(-c2cc(F)cc(F)c2)c1F. The fourth-order valence-electron chi connectivity index (χ4n) is 5.28. The molecule has 5 atom stereocenters. The Morgan fingerprint density at radius 1 is 1.14 bits per heavy atom. The number of fused-ring (bicyclic) bond motifs is 1. The smallest absolute Gasteiger partial charge is 0.252 e. The molecule has 2 aromatic carbocycles. The van der Waals surface area contributed by atoms with E-state index in [9.17, 15) is 22.0 Å². The number of benzene rings is 2. The monoisotopic (exact) mass is 522 g/mol. The number of nitrogens with zero attached hydrogens (tertiary/aromatic N) is 1. The van der Waals surface area contributed by atoms with Crippen LogP contribution in [0.1, 0.15) is 38.7 Å². The third kappa shape index (κ3) is 4.78. The van der Waals surface area contributed by atoms with Crippen molar-refractivity contribution in [1.29, 1.82) is 0 Å². The lowest BCUT2D eigenvalue weighted by Crippen LogP contribution is -2.62. The summed E-state index contributed by atoms with van der Waals surface area (Å²) in [6.07, 6.45) is 1.38. The molecule has 1 saturated carbocycles. The van der Waals surface area contributed by atoms with Gasteiger partial charge in [0.25, 0.3) is 5.91 Å². The zero-order valence-electron chi connectivity index (χ0n) is 20.1. The topological polar surface area (TPSA) is 75.7 Å². The van der Waals surface area contributed by atoms with Gasteiger partial charge in [-0.1, -0.05) is 18.2 Å². The van der Waals surface area contributed by atoms with Gasteiger partial charge in [0.15, 0.2) is 0 Å². The normalized spacial score (nSPS) is 27.5. The van der Waals surface area contributed by atoms with Crippen molar-refractivity contribution in [1.82, 2.24) is 9.62 Å². The van der Waals surface area contributed by atoms with E-state index >= 15 is 4.39 Å². The number of ether oxygens (including phenoxy) is 1. The molecule has 0 spiro atoms. The number of carbonyl (C=O) groups excluding carboxylic acids is 1. The summed E-state index contributed by atoms with van der Waals surface area (Å²) in [5, 5.41) is -0.669. The molecule has 5 rings (SSSR count). The maximum absolute atomic E-state index is 15.7. The second kappa shape index (κ2) is 9.46. The molecule has 0 radical (unpaired) electrons. The highest BCUT2D eigenvalue weighted by Gasteiger charge is 2.55. The predicted molar refractivity (Wildman–Crippen MR) is 128 cm³/mol. The molecule has 3 fully saturated rings. The van der Waals surface area contributed by atoms with Crippen molar-refractivity contribution in [2.24, 2.45) is 5.92 Å². The molecule has 194 valence electrons. The fourth-order valence-corrected chi connectivity index (χ4v) is 6.23. The lowest BCUT2D eigenvalue weighted by molar-refractivity contribution is -0.161. The molecule has 10 heteroatoms. The highest BCUT2D eigenvalue weighted by Crippen LogP contribution is 2.47. The van der Waals surface area contributed by atoms with Crippen LogP contribution < -0.4 is 4.72 Å². The first-order valence-electron chi connectivity index (χ1n) is 12.2. The molecule has 0 unspecified atom stereocenters. The summed E-state index contributed by atoms with van der Waals surface area (Å²) in [7, 11) is -3.66. The highest BCUT2D eigenvalue weighted by atomic mass is 32.2. The molecule has 2 aromatic rings. The molecule has 1 aliphatic carbocycles. The van der Waals surface area contributed by atoms with E-state index in [0.717, 1.165) is 24.6 Å². The average molecular weight is 523 g/mol. The molecule has 36 heavy (non-hydrogen) atoms. The zero-order valence-corrected chi connectivity index (χ0v) is 20.9. The first kappa shape index (κ1) is 25.2. The van der Waals surface area contributed by atoms with Crippen LogP contribution in [0.3, 0.4) is 0 Å². The third-order valence-corrected chi connectivity index (χ3v) is 9.34.